The molecule has 0 unspecified atom stereocenters. The summed E-state index contributed by atoms with van der Waals surface area (Å²) in [5, 5.41) is 0. The molecular formula is C16H28N2O3S2. The fourth-order valence-electron chi connectivity index (χ4n) is 2.75. The lowest BCUT2D eigenvalue weighted by atomic mass is 10.1. The van der Waals surface area contributed by atoms with Gasteiger partial charge in [0.05, 0.1) is 6.10 Å². The molecule has 1 aliphatic heterocycles. The van der Waals surface area contributed by atoms with E-state index in [1.807, 2.05) is 0 Å². The van der Waals surface area contributed by atoms with Crippen molar-refractivity contribution in [1.82, 2.24) is 4.31 Å². The Hall–Kier alpha value is -0.470. The van der Waals surface area contributed by atoms with E-state index in [1.54, 1.807) is 16.4 Å². The van der Waals surface area contributed by atoms with E-state index in [9.17, 15) is 8.42 Å². The molecule has 1 fully saturated rings. The summed E-state index contributed by atoms with van der Waals surface area (Å²) in [4.78, 5) is 0.897. The first-order valence-electron chi connectivity index (χ1n) is 8.48. The monoisotopic (exact) mass is 360 g/mol. The van der Waals surface area contributed by atoms with Crippen molar-refractivity contribution in [2.75, 3.05) is 19.7 Å². The molecule has 23 heavy (non-hydrogen) atoms. The van der Waals surface area contributed by atoms with E-state index < -0.39 is 10.0 Å². The molecule has 0 bridgehead atoms. The van der Waals surface area contributed by atoms with Crippen molar-refractivity contribution in [2.24, 2.45) is 5.73 Å². The molecule has 2 heterocycles. The van der Waals surface area contributed by atoms with Gasteiger partial charge in [-0.3, -0.25) is 0 Å². The topological polar surface area (TPSA) is 72.6 Å². The summed E-state index contributed by atoms with van der Waals surface area (Å²) in [6.45, 7) is 4.45. The van der Waals surface area contributed by atoms with Crippen molar-refractivity contribution in [3.63, 3.8) is 0 Å². The summed E-state index contributed by atoms with van der Waals surface area (Å²) >= 11 is 1.27. The number of hydrogen-bond acceptors (Lipinski definition) is 5. The van der Waals surface area contributed by atoms with Gasteiger partial charge in [0, 0.05) is 31.1 Å². The van der Waals surface area contributed by atoms with E-state index in [0.717, 1.165) is 30.7 Å². The van der Waals surface area contributed by atoms with Crippen LogP contribution in [0.2, 0.25) is 0 Å². The number of rotatable bonds is 9. The van der Waals surface area contributed by atoms with E-state index in [2.05, 4.69) is 6.92 Å². The van der Waals surface area contributed by atoms with Gasteiger partial charge in [-0.25, -0.2) is 8.42 Å². The number of nitrogens with zero attached hydrogens (tertiary/aromatic N) is 1. The second-order valence-electron chi connectivity index (χ2n) is 5.96. The predicted octanol–water partition coefficient (Wildman–Crippen LogP) is 2.96. The molecule has 0 amide bonds. The maximum atomic E-state index is 12.6. The zero-order chi connectivity index (χ0) is 16.7. The second-order valence-corrected chi connectivity index (χ2v) is 9.29. The number of ether oxygens (including phenoxy) is 1. The number of unbranched alkanes of at least 4 members (excludes halogenated alkanes) is 3. The van der Waals surface area contributed by atoms with Gasteiger partial charge in [-0.05, 0) is 31.4 Å². The van der Waals surface area contributed by atoms with Gasteiger partial charge < -0.3 is 10.5 Å². The first kappa shape index (κ1) is 18.9. The molecule has 1 saturated heterocycles. The molecule has 0 aliphatic carbocycles. The van der Waals surface area contributed by atoms with Gasteiger partial charge in [-0.15, -0.1) is 11.3 Å². The first-order chi connectivity index (χ1) is 11.1. The van der Waals surface area contributed by atoms with Crippen LogP contribution in [0.4, 0.5) is 0 Å². The highest BCUT2D eigenvalue weighted by atomic mass is 32.2. The number of piperidine rings is 1. The minimum atomic E-state index is -3.37. The Morgan fingerprint density at radius 3 is 2.61 bits per heavy atom. The summed E-state index contributed by atoms with van der Waals surface area (Å²) in [6.07, 6.45) is 6.56. The first-order valence-corrected chi connectivity index (χ1v) is 10.7. The van der Waals surface area contributed by atoms with E-state index in [1.165, 1.54) is 30.6 Å². The maximum Gasteiger partial charge on any atom is 0.252 e. The smallest absolute Gasteiger partial charge is 0.252 e. The molecule has 5 nitrogen and oxygen atoms in total. The van der Waals surface area contributed by atoms with Gasteiger partial charge in [0.1, 0.15) is 4.21 Å². The summed E-state index contributed by atoms with van der Waals surface area (Å²) in [7, 11) is -3.37. The Labute approximate surface area is 143 Å². The third kappa shape index (κ3) is 5.26. The number of sulfonamides is 1. The summed E-state index contributed by atoms with van der Waals surface area (Å²) in [5.41, 5.74) is 5.57. The highest BCUT2D eigenvalue weighted by Gasteiger charge is 2.30. The predicted molar refractivity (Wildman–Crippen MR) is 94.1 cm³/mol. The van der Waals surface area contributed by atoms with Crippen molar-refractivity contribution in [2.45, 2.75) is 62.3 Å². The van der Waals surface area contributed by atoms with Crippen molar-refractivity contribution in [3.8, 4) is 0 Å². The lowest BCUT2D eigenvalue weighted by Crippen LogP contribution is -2.40. The Kier molecular flexibility index (Phi) is 7.49. The van der Waals surface area contributed by atoms with Crippen LogP contribution in [0.5, 0.6) is 0 Å². The van der Waals surface area contributed by atoms with Crippen LogP contribution >= 0.6 is 11.3 Å². The lowest BCUT2D eigenvalue weighted by Gasteiger charge is -2.30. The van der Waals surface area contributed by atoms with Crippen LogP contribution < -0.4 is 5.73 Å². The fourth-order valence-corrected chi connectivity index (χ4v) is 5.61. The van der Waals surface area contributed by atoms with Crippen molar-refractivity contribution < 1.29 is 13.2 Å². The molecule has 0 aromatic carbocycles. The van der Waals surface area contributed by atoms with Crippen LogP contribution in [0.1, 0.15) is 50.3 Å². The molecule has 2 rings (SSSR count). The van der Waals surface area contributed by atoms with Crippen LogP contribution in [-0.2, 0) is 21.3 Å². The van der Waals surface area contributed by atoms with Crippen LogP contribution in [-0.4, -0.2) is 38.5 Å². The largest absolute Gasteiger partial charge is 0.378 e. The Morgan fingerprint density at radius 2 is 2.00 bits per heavy atom. The molecule has 1 aliphatic rings. The normalized spacial score (nSPS) is 17.7. The van der Waals surface area contributed by atoms with Gasteiger partial charge in [0.25, 0.3) is 10.0 Å². The summed E-state index contributed by atoms with van der Waals surface area (Å²) < 4.78 is 33.1. The number of nitrogens with two attached hydrogens (primary N) is 1. The van der Waals surface area contributed by atoms with Gasteiger partial charge in [0.2, 0.25) is 0 Å². The van der Waals surface area contributed by atoms with Crippen molar-refractivity contribution in [3.05, 3.63) is 17.0 Å². The zero-order valence-electron chi connectivity index (χ0n) is 13.9. The molecule has 0 atom stereocenters. The minimum absolute atomic E-state index is 0.200. The molecular weight excluding hydrogens is 332 g/mol. The number of thiophene rings is 1. The van der Waals surface area contributed by atoms with E-state index in [-0.39, 0.29) is 6.10 Å². The molecule has 1 aromatic heterocycles. The Bertz CT molecular complexity index is 564. The van der Waals surface area contributed by atoms with Gasteiger partial charge in [0.15, 0.2) is 0 Å². The van der Waals surface area contributed by atoms with Crippen LogP contribution in [0, 0.1) is 0 Å². The zero-order valence-corrected chi connectivity index (χ0v) is 15.5. The van der Waals surface area contributed by atoms with E-state index in [0.29, 0.717) is 23.8 Å². The number of hydrogen-bond donors (Lipinski definition) is 1. The molecule has 0 saturated carbocycles. The average Bonchev–Trinajstić information content (AvgIpc) is 3.05. The summed E-state index contributed by atoms with van der Waals surface area (Å²) in [5.74, 6) is 0. The SMILES string of the molecule is CCCCCCOC1CCN(S(=O)(=O)c2ccc(CN)s2)CC1. The molecule has 1 aromatic rings. The van der Waals surface area contributed by atoms with E-state index in [4.69, 9.17) is 10.5 Å². The quantitative estimate of drug-likeness (QED) is 0.687. The van der Waals surface area contributed by atoms with Gasteiger partial charge in [-0.1, -0.05) is 26.2 Å². The third-order valence-corrected chi connectivity index (χ3v) is 7.66. The Morgan fingerprint density at radius 1 is 1.26 bits per heavy atom. The van der Waals surface area contributed by atoms with Crippen LogP contribution in [0.15, 0.2) is 16.3 Å². The van der Waals surface area contributed by atoms with Crippen LogP contribution in [0.3, 0.4) is 0 Å². The Balaban J connectivity index is 1.79. The van der Waals surface area contributed by atoms with Crippen molar-refractivity contribution in [1.29, 1.82) is 0 Å². The molecule has 0 spiro atoms. The van der Waals surface area contributed by atoms with Gasteiger partial charge >= 0.3 is 0 Å². The average molecular weight is 361 g/mol. The molecule has 7 heteroatoms. The van der Waals surface area contributed by atoms with Crippen LogP contribution in [0.25, 0.3) is 0 Å². The standard InChI is InChI=1S/C16H28N2O3S2/c1-2-3-4-5-12-21-14-8-10-18(11-9-14)23(19,20)16-7-6-15(13-17)22-16/h6-7,14H,2-5,8-13,17H2,1H3. The van der Waals surface area contributed by atoms with Crippen molar-refractivity contribution >= 4 is 21.4 Å². The van der Waals surface area contributed by atoms with Gasteiger partial charge in [-0.2, -0.15) is 4.31 Å². The second kappa shape index (κ2) is 9.13. The third-order valence-electron chi connectivity index (χ3n) is 4.18. The highest BCUT2D eigenvalue weighted by Crippen LogP contribution is 2.27. The fraction of sp³-hybridized carbons (Fsp3) is 0.750. The van der Waals surface area contributed by atoms with E-state index >= 15 is 0 Å². The summed E-state index contributed by atoms with van der Waals surface area (Å²) in [6, 6.07) is 3.46. The molecule has 132 valence electrons. The minimum Gasteiger partial charge on any atom is -0.378 e. The molecule has 2 N–H and O–H groups in total. The maximum absolute atomic E-state index is 12.6. The highest BCUT2D eigenvalue weighted by molar-refractivity contribution is 7.91. The molecule has 0 radical (unpaired) electrons. The lowest BCUT2D eigenvalue weighted by molar-refractivity contribution is 0.0193.